The summed E-state index contributed by atoms with van der Waals surface area (Å²) in [5, 5.41) is 6.60. The normalized spacial score (nSPS) is 10.7. The average Bonchev–Trinajstić information content (AvgIpc) is 2.49. The Bertz CT molecular complexity index is 412. The van der Waals surface area contributed by atoms with Crippen LogP contribution in [0.15, 0.2) is 23.3 Å². The second kappa shape index (κ2) is 12.7. The van der Waals surface area contributed by atoms with Crippen LogP contribution in [0.5, 0.6) is 5.88 Å². The number of nitrogens with one attached hydrogen (secondary N) is 2. The molecule has 1 aromatic heterocycles. The average molecular weight is 406 g/mol. The van der Waals surface area contributed by atoms with Crippen molar-refractivity contribution in [3.05, 3.63) is 23.9 Å². The lowest BCUT2D eigenvalue weighted by atomic mass is 10.2. The van der Waals surface area contributed by atoms with Crippen LogP contribution in [0.3, 0.4) is 0 Å². The molecule has 0 aromatic carbocycles. The van der Waals surface area contributed by atoms with Crippen LogP contribution < -0.4 is 15.4 Å². The zero-order valence-corrected chi connectivity index (χ0v) is 15.5. The number of unbranched alkanes of at least 4 members (excludes halogenated alkanes) is 2. The topological polar surface area (TPSA) is 58.5 Å². The van der Waals surface area contributed by atoms with Gasteiger partial charge in [-0.05, 0) is 25.0 Å². The van der Waals surface area contributed by atoms with Gasteiger partial charge in [-0.15, -0.1) is 24.0 Å². The third-order valence-corrected chi connectivity index (χ3v) is 2.85. The lowest BCUT2D eigenvalue weighted by Crippen LogP contribution is -2.37. The molecule has 1 heterocycles. The summed E-state index contributed by atoms with van der Waals surface area (Å²) in [6, 6.07) is 3.86. The first kappa shape index (κ1) is 19.9. The van der Waals surface area contributed by atoms with E-state index in [9.17, 15) is 0 Å². The lowest BCUT2D eigenvalue weighted by molar-refractivity contribution is 0.397. The molecule has 6 heteroatoms. The van der Waals surface area contributed by atoms with Gasteiger partial charge in [0.25, 0.3) is 0 Å². The fourth-order valence-corrected chi connectivity index (χ4v) is 1.75. The molecule has 1 rings (SSSR count). The third kappa shape index (κ3) is 8.75. The van der Waals surface area contributed by atoms with E-state index in [1.54, 1.807) is 13.3 Å². The van der Waals surface area contributed by atoms with Gasteiger partial charge in [0.05, 0.1) is 13.7 Å². The molecule has 21 heavy (non-hydrogen) atoms. The maximum absolute atomic E-state index is 5.11. The predicted octanol–water partition coefficient (Wildman–Crippen LogP) is 2.95. The van der Waals surface area contributed by atoms with Gasteiger partial charge in [0.15, 0.2) is 5.96 Å². The number of halogens is 1. The minimum absolute atomic E-state index is 0. The van der Waals surface area contributed by atoms with Gasteiger partial charge < -0.3 is 15.4 Å². The van der Waals surface area contributed by atoms with Crippen LogP contribution in [0.4, 0.5) is 0 Å². The van der Waals surface area contributed by atoms with E-state index in [0.29, 0.717) is 12.4 Å². The number of ether oxygens (including phenoxy) is 1. The molecule has 0 atom stereocenters. The molecule has 0 saturated heterocycles. The summed E-state index contributed by atoms with van der Waals surface area (Å²) < 4.78 is 5.11. The molecule has 5 nitrogen and oxygen atoms in total. The van der Waals surface area contributed by atoms with Crippen molar-refractivity contribution in [2.75, 3.05) is 20.2 Å². The van der Waals surface area contributed by atoms with E-state index in [1.807, 2.05) is 12.1 Å². The number of hydrogen-bond donors (Lipinski definition) is 2. The highest BCUT2D eigenvalue weighted by molar-refractivity contribution is 14.0. The Morgan fingerprint density at radius 1 is 1.29 bits per heavy atom. The number of aliphatic imine (C=N–C) groups is 1. The molecule has 0 spiro atoms. The summed E-state index contributed by atoms with van der Waals surface area (Å²) in [4.78, 5) is 8.66. The molecule has 120 valence electrons. The number of nitrogens with zero attached hydrogens (tertiary/aromatic N) is 2. The lowest BCUT2D eigenvalue weighted by Gasteiger charge is -2.11. The SMILES string of the molecule is CCCCCNC(=NCc1ccnc(OC)c1)NCC.I. The zero-order chi connectivity index (χ0) is 14.6. The maximum atomic E-state index is 5.11. The minimum Gasteiger partial charge on any atom is -0.481 e. The van der Waals surface area contributed by atoms with Gasteiger partial charge in [0, 0.05) is 25.4 Å². The van der Waals surface area contributed by atoms with Gasteiger partial charge in [-0.1, -0.05) is 19.8 Å². The van der Waals surface area contributed by atoms with Crippen molar-refractivity contribution >= 4 is 29.9 Å². The van der Waals surface area contributed by atoms with Crippen molar-refractivity contribution in [1.82, 2.24) is 15.6 Å². The molecule has 0 unspecified atom stereocenters. The van der Waals surface area contributed by atoms with E-state index in [4.69, 9.17) is 4.74 Å². The van der Waals surface area contributed by atoms with Gasteiger partial charge in [-0.25, -0.2) is 9.98 Å². The highest BCUT2D eigenvalue weighted by Crippen LogP contribution is 2.09. The smallest absolute Gasteiger partial charge is 0.213 e. The Morgan fingerprint density at radius 3 is 2.76 bits per heavy atom. The van der Waals surface area contributed by atoms with Crippen molar-refractivity contribution in [2.45, 2.75) is 39.7 Å². The molecule has 0 radical (unpaired) electrons. The van der Waals surface area contributed by atoms with Gasteiger partial charge in [-0.2, -0.15) is 0 Å². The van der Waals surface area contributed by atoms with Crippen LogP contribution in [-0.2, 0) is 6.54 Å². The number of methoxy groups -OCH3 is 1. The van der Waals surface area contributed by atoms with E-state index in [0.717, 1.165) is 24.6 Å². The molecule has 0 fully saturated rings. The Hall–Kier alpha value is -1.05. The summed E-state index contributed by atoms with van der Waals surface area (Å²) in [6.45, 7) is 6.70. The van der Waals surface area contributed by atoms with Gasteiger partial charge in [-0.3, -0.25) is 0 Å². The van der Waals surface area contributed by atoms with E-state index in [2.05, 4.69) is 34.5 Å². The summed E-state index contributed by atoms with van der Waals surface area (Å²) >= 11 is 0. The first-order chi connectivity index (χ1) is 9.80. The molecule has 0 bridgehead atoms. The fraction of sp³-hybridized carbons (Fsp3) is 0.600. The van der Waals surface area contributed by atoms with Crippen LogP contribution in [0.25, 0.3) is 0 Å². The number of rotatable bonds is 8. The standard InChI is InChI=1S/C15H26N4O.HI/c1-4-6-7-9-18-15(16-5-2)19-12-13-8-10-17-14(11-13)20-3;/h8,10-11H,4-7,9,12H2,1-3H3,(H2,16,18,19);1H. The molecule has 0 aliphatic carbocycles. The van der Waals surface area contributed by atoms with E-state index in [-0.39, 0.29) is 24.0 Å². The quantitative estimate of drug-likeness (QED) is 0.302. The monoisotopic (exact) mass is 406 g/mol. The van der Waals surface area contributed by atoms with Crippen LogP contribution in [-0.4, -0.2) is 31.1 Å². The Kier molecular flexibility index (Phi) is 12.0. The Balaban J connectivity index is 0.00000400. The molecular weight excluding hydrogens is 379 g/mol. The summed E-state index contributed by atoms with van der Waals surface area (Å²) in [5.41, 5.74) is 1.09. The number of guanidine groups is 1. The first-order valence-electron chi connectivity index (χ1n) is 7.31. The van der Waals surface area contributed by atoms with E-state index >= 15 is 0 Å². The largest absolute Gasteiger partial charge is 0.481 e. The van der Waals surface area contributed by atoms with Gasteiger partial charge in [0.1, 0.15) is 0 Å². The van der Waals surface area contributed by atoms with Crippen molar-refractivity contribution in [2.24, 2.45) is 4.99 Å². The van der Waals surface area contributed by atoms with Crippen LogP contribution in [0.2, 0.25) is 0 Å². The van der Waals surface area contributed by atoms with Crippen LogP contribution in [0.1, 0.15) is 38.7 Å². The highest BCUT2D eigenvalue weighted by atomic mass is 127. The molecule has 1 aromatic rings. The summed E-state index contributed by atoms with van der Waals surface area (Å²) in [7, 11) is 1.62. The second-order valence-electron chi connectivity index (χ2n) is 4.54. The van der Waals surface area contributed by atoms with Crippen molar-refractivity contribution in [1.29, 1.82) is 0 Å². The summed E-state index contributed by atoms with van der Waals surface area (Å²) in [5.74, 6) is 1.48. The Morgan fingerprint density at radius 2 is 2.10 bits per heavy atom. The molecule has 0 aliphatic rings. The minimum atomic E-state index is 0. The van der Waals surface area contributed by atoms with Crippen LogP contribution in [0, 0.1) is 0 Å². The van der Waals surface area contributed by atoms with Crippen molar-refractivity contribution < 1.29 is 4.74 Å². The number of aromatic nitrogens is 1. The Labute approximate surface area is 145 Å². The molecule has 0 aliphatic heterocycles. The van der Waals surface area contributed by atoms with Crippen LogP contribution >= 0.6 is 24.0 Å². The second-order valence-corrected chi connectivity index (χ2v) is 4.54. The van der Waals surface area contributed by atoms with Crippen molar-refractivity contribution in [3.8, 4) is 5.88 Å². The van der Waals surface area contributed by atoms with E-state index in [1.165, 1.54) is 19.3 Å². The van der Waals surface area contributed by atoms with E-state index < -0.39 is 0 Å². The fourth-order valence-electron chi connectivity index (χ4n) is 1.75. The molecule has 0 saturated carbocycles. The first-order valence-corrected chi connectivity index (χ1v) is 7.31. The number of hydrogen-bond acceptors (Lipinski definition) is 3. The number of pyridine rings is 1. The highest BCUT2D eigenvalue weighted by Gasteiger charge is 1.99. The predicted molar refractivity (Wildman–Crippen MR) is 98.5 cm³/mol. The van der Waals surface area contributed by atoms with Gasteiger partial charge in [0.2, 0.25) is 5.88 Å². The molecular formula is C15H27IN4O. The molecule has 0 amide bonds. The third-order valence-electron chi connectivity index (χ3n) is 2.85. The van der Waals surface area contributed by atoms with Crippen molar-refractivity contribution in [3.63, 3.8) is 0 Å². The maximum Gasteiger partial charge on any atom is 0.213 e. The summed E-state index contributed by atoms with van der Waals surface area (Å²) in [6.07, 6.45) is 5.38. The van der Waals surface area contributed by atoms with Gasteiger partial charge >= 0.3 is 0 Å². The molecule has 2 N–H and O–H groups in total. The zero-order valence-electron chi connectivity index (χ0n) is 13.2.